The lowest BCUT2D eigenvalue weighted by Gasteiger charge is -2.13. The third-order valence-electron chi connectivity index (χ3n) is 3.59. The number of carbonyl (C=O) groups is 1. The molecule has 0 radical (unpaired) electrons. The Hall–Kier alpha value is -0.840. The molecule has 4 nitrogen and oxygen atoms in total. The van der Waals surface area contributed by atoms with E-state index in [4.69, 9.17) is 0 Å². The molecule has 2 unspecified atom stereocenters. The quantitative estimate of drug-likeness (QED) is 0.874. The number of halogens is 2. The van der Waals surface area contributed by atoms with E-state index in [0.29, 0.717) is 0 Å². The van der Waals surface area contributed by atoms with Crippen molar-refractivity contribution in [1.29, 1.82) is 0 Å². The van der Waals surface area contributed by atoms with E-state index < -0.39 is 0 Å². The second kappa shape index (κ2) is 9.97. The molecule has 2 N–H and O–H groups in total. The van der Waals surface area contributed by atoms with Crippen LogP contribution in [0.25, 0.3) is 0 Å². The van der Waals surface area contributed by atoms with Crippen LogP contribution in [0.2, 0.25) is 0 Å². The van der Waals surface area contributed by atoms with Crippen molar-refractivity contribution in [3.63, 3.8) is 0 Å². The largest absolute Gasteiger partial charge is 0.356 e. The summed E-state index contributed by atoms with van der Waals surface area (Å²) in [6, 6.07) is 3.81. The Kier molecular flexibility index (Phi) is 9.55. The van der Waals surface area contributed by atoms with Gasteiger partial charge in [0.1, 0.15) is 0 Å². The van der Waals surface area contributed by atoms with Crippen LogP contribution < -0.4 is 10.6 Å². The number of hydrogen-bond acceptors (Lipinski definition) is 3. The molecule has 0 saturated carbocycles. The average molecular weight is 320 g/mol. The van der Waals surface area contributed by atoms with Crippen LogP contribution >= 0.6 is 24.8 Å². The Morgan fingerprint density at radius 1 is 1.55 bits per heavy atom. The first kappa shape index (κ1) is 19.2. The van der Waals surface area contributed by atoms with E-state index in [1.165, 1.54) is 6.42 Å². The highest BCUT2D eigenvalue weighted by Gasteiger charge is 2.17. The Labute approximate surface area is 132 Å². The summed E-state index contributed by atoms with van der Waals surface area (Å²) in [6.07, 6.45) is 5.78. The van der Waals surface area contributed by atoms with Gasteiger partial charge in [-0.1, -0.05) is 6.07 Å². The molecule has 1 fully saturated rings. The van der Waals surface area contributed by atoms with Gasteiger partial charge in [0.05, 0.1) is 5.92 Å². The maximum absolute atomic E-state index is 12.0. The molecule has 1 aliphatic rings. The van der Waals surface area contributed by atoms with Crippen molar-refractivity contribution < 1.29 is 4.79 Å². The van der Waals surface area contributed by atoms with Crippen molar-refractivity contribution in [2.45, 2.75) is 25.7 Å². The molecule has 114 valence electrons. The third kappa shape index (κ3) is 5.65. The first-order valence-electron chi connectivity index (χ1n) is 6.65. The van der Waals surface area contributed by atoms with E-state index in [1.54, 1.807) is 12.4 Å². The van der Waals surface area contributed by atoms with Gasteiger partial charge < -0.3 is 10.6 Å². The van der Waals surface area contributed by atoms with Crippen molar-refractivity contribution in [3.05, 3.63) is 30.1 Å². The minimum Gasteiger partial charge on any atom is -0.356 e. The van der Waals surface area contributed by atoms with Gasteiger partial charge in [-0.15, -0.1) is 24.8 Å². The van der Waals surface area contributed by atoms with E-state index in [2.05, 4.69) is 15.6 Å². The monoisotopic (exact) mass is 319 g/mol. The molecule has 0 aromatic carbocycles. The van der Waals surface area contributed by atoms with E-state index in [0.717, 1.165) is 37.5 Å². The van der Waals surface area contributed by atoms with Crippen molar-refractivity contribution in [2.24, 2.45) is 5.92 Å². The summed E-state index contributed by atoms with van der Waals surface area (Å²) in [5, 5.41) is 6.35. The molecule has 1 aromatic heterocycles. The summed E-state index contributed by atoms with van der Waals surface area (Å²) in [5.74, 6) is 0.688. The van der Waals surface area contributed by atoms with Crippen LogP contribution in [0.15, 0.2) is 24.5 Å². The zero-order valence-electron chi connectivity index (χ0n) is 11.7. The fraction of sp³-hybridized carbons (Fsp3) is 0.571. The van der Waals surface area contributed by atoms with E-state index in [-0.39, 0.29) is 36.6 Å². The van der Waals surface area contributed by atoms with Crippen molar-refractivity contribution in [1.82, 2.24) is 15.6 Å². The average Bonchev–Trinajstić information content (AvgIpc) is 2.92. The van der Waals surface area contributed by atoms with Gasteiger partial charge in [-0.3, -0.25) is 9.78 Å². The van der Waals surface area contributed by atoms with Crippen LogP contribution in [0.5, 0.6) is 0 Å². The highest BCUT2D eigenvalue weighted by molar-refractivity contribution is 5.85. The molecule has 2 rings (SSSR count). The Morgan fingerprint density at radius 3 is 2.95 bits per heavy atom. The molecule has 1 aromatic rings. The number of carbonyl (C=O) groups excluding carboxylic acids is 1. The maximum atomic E-state index is 12.0. The highest BCUT2D eigenvalue weighted by Crippen LogP contribution is 2.14. The maximum Gasteiger partial charge on any atom is 0.227 e. The van der Waals surface area contributed by atoms with Gasteiger partial charge in [0.2, 0.25) is 5.91 Å². The van der Waals surface area contributed by atoms with Crippen LogP contribution in [-0.2, 0) is 4.79 Å². The van der Waals surface area contributed by atoms with E-state index >= 15 is 0 Å². The van der Waals surface area contributed by atoms with Crippen LogP contribution in [-0.4, -0.2) is 30.5 Å². The molecule has 0 bridgehead atoms. The molecular weight excluding hydrogens is 297 g/mol. The van der Waals surface area contributed by atoms with Gasteiger partial charge in [-0.05, 0) is 50.4 Å². The summed E-state index contributed by atoms with van der Waals surface area (Å²) in [6.45, 7) is 4.90. The predicted molar refractivity (Wildman–Crippen MR) is 85.8 cm³/mol. The summed E-state index contributed by atoms with van der Waals surface area (Å²) >= 11 is 0. The number of nitrogens with zero attached hydrogens (tertiary/aromatic N) is 1. The van der Waals surface area contributed by atoms with Gasteiger partial charge in [-0.25, -0.2) is 0 Å². The summed E-state index contributed by atoms with van der Waals surface area (Å²) < 4.78 is 0. The molecule has 1 amide bonds. The molecule has 6 heteroatoms. The zero-order chi connectivity index (χ0) is 12.8. The lowest BCUT2D eigenvalue weighted by Crippen LogP contribution is -2.30. The number of aromatic nitrogens is 1. The molecule has 0 spiro atoms. The van der Waals surface area contributed by atoms with Gasteiger partial charge in [-0.2, -0.15) is 0 Å². The lowest BCUT2D eigenvalue weighted by atomic mass is 10.0. The van der Waals surface area contributed by atoms with Crippen LogP contribution in [0.3, 0.4) is 0 Å². The Bertz CT molecular complexity index is 383. The zero-order valence-corrected chi connectivity index (χ0v) is 13.3. The van der Waals surface area contributed by atoms with Gasteiger partial charge >= 0.3 is 0 Å². The minimum absolute atomic E-state index is 0. The molecule has 1 aliphatic heterocycles. The second-order valence-corrected chi connectivity index (χ2v) is 4.95. The Balaban J connectivity index is 0.00000180. The second-order valence-electron chi connectivity index (χ2n) is 4.95. The standard InChI is InChI=1S/C14H21N3O.2ClH/c1-11(13-3-2-6-15-10-13)14(18)17-8-5-12-4-7-16-9-12;;/h2-3,6,10-12,16H,4-5,7-9H2,1H3,(H,17,18);2*1H. The smallest absolute Gasteiger partial charge is 0.227 e. The number of hydrogen-bond donors (Lipinski definition) is 2. The molecule has 0 aliphatic carbocycles. The Morgan fingerprint density at radius 2 is 2.35 bits per heavy atom. The fourth-order valence-corrected chi connectivity index (χ4v) is 2.30. The van der Waals surface area contributed by atoms with Gasteiger partial charge in [0.25, 0.3) is 0 Å². The van der Waals surface area contributed by atoms with Crippen LogP contribution in [0.1, 0.15) is 31.2 Å². The third-order valence-corrected chi connectivity index (χ3v) is 3.59. The molecule has 2 atom stereocenters. The number of nitrogens with one attached hydrogen (secondary N) is 2. The minimum atomic E-state index is -0.125. The lowest BCUT2D eigenvalue weighted by molar-refractivity contribution is -0.122. The van der Waals surface area contributed by atoms with Crippen molar-refractivity contribution in [2.75, 3.05) is 19.6 Å². The number of pyridine rings is 1. The number of amides is 1. The molecule has 2 heterocycles. The first-order chi connectivity index (χ1) is 8.77. The molecule has 20 heavy (non-hydrogen) atoms. The van der Waals surface area contributed by atoms with Crippen LogP contribution in [0.4, 0.5) is 0 Å². The summed E-state index contributed by atoms with van der Waals surface area (Å²) in [4.78, 5) is 16.0. The topological polar surface area (TPSA) is 54.0 Å². The summed E-state index contributed by atoms with van der Waals surface area (Å²) in [5.41, 5.74) is 0.970. The van der Waals surface area contributed by atoms with Crippen molar-refractivity contribution >= 4 is 30.7 Å². The van der Waals surface area contributed by atoms with Crippen LogP contribution in [0, 0.1) is 5.92 Å². The number of rotatable bonds is 5. The summed E-state index contributed by atoms with van der Waals surface area (Å²) in [7, 11) is 0. The van der Waals surface area contributed by atoms with Gasteiger partial charge in [0.15, 0.2) is 0 Å². The SMILES string of the molecule is CC(C(=O)NCCC1CCNC1)c1cccnc1.Cl.Cl. The fourth-order valence-electron chi connectivity index (χ4n) is 2.30. The van der Waals surface area contributed by atoms with E-state index in [9.17, 15) is 4.79 Å². The molecule has 1 saturated heterocycles. The van der Waals surface area contributed by atoms with Gasteiger partial charge in [0, 0.05) is 18.9 Å². The van der Waals surface area contributed by atoms with Crippen molar-refractivity contribution in [3.8, 4) is 0 Å². The highest BCUT2D eigenvalue weighted by atomic mass is 35.5. The first-order valence-corrected chi connectivity index (χ1v) is 6.65. The molecular formula is C14H23Cl2N3O. The normalized spacial score (nSPS) is 18.6. The van der Waals surface area contributed by atoms with E-state index in [1.807, 2.05) is 19.1 Å². The predicted octanol–water partition coefficient (Wildman–Crippen LogP) is 2.14.